The standard InChI is InChI=1S/C12H14F3NOS/c13-12(14,15)17-11-3-1-10(2-4-11)9-16-5-7-18-8-6-16/h1-4H,5-9H2. The number of ether oxygens (including phenoxy) is 1. The third-order valence-electron chi connectivity index (χ3n) is 2.67. The Bertz CT molecular complexity index is 374. The lowest BCUT2D eigenvalue weighted by Crippen LogP contribution is -2.31. The van der Waals surface area contributed by atoms with E-state index in [4.69, 9.17) is 0 Å². The van der Waals surface area contributed by atoms with Crippen molar-refractivity contribution in [1.29, 1.82) is 0 Å². The molecule has 0 aliphatic carbocycles. The molecule has 0 spiro atoms. The van der Waals surface area contributed by atoms with E-state index in [-0.39, 0.29) is 5.75 Å². The maximum atomic E-state index is 12.0. The number of alkyl halides is 3. The fourth-order valence-electron chi connectivity index (χ4n) is 1.81. The molecule has 0 unspecified atom stereocenters. The molecule has 6 heteroatoms. The smallest absolute Gasteiger partial charge is 0.406 e. The van der Waals surface area contributed by atoms with Crippen molar-refractivity contribution in [3.63, 3.8) is 0 Å². The number of nitrogens with zero attached hydrogens (tertiary/aromatic N) is 1. The van der Waals surface area contributed by atoms with E-state index in [0.29, 0.717) is 0 Å². The number of benzene rings is 1. The number of thioether (sulfide) groups is 1. The highest BCUT2D eigenvalue weighted by atomic mass is 32.2. The summed E-state index contributed by atoms with van der Waals surface area (Å²) in [7, 11) is 0. The quantitative estimate of drug-likeness (QED) is 0.842. The zero-order valence-electron chi connectivity index (χ0n) is 9.74. The first kappa shape index (κ1) is 13.5. The highest BCUT2D eigenvalue weighted by molar-refractivity contribution is 7.99. The van der Waals surface area contributed by atoms with Crippen molar-refractivity contribution in [2.24, 2.45) is 0 Å². The van der Waals surface area contributed by atoms with Crippen LogP contribution in [0.2, 0.25) is 0 Å². The van der Waals surface area contributed by atoms with Crippen molar-refractivity contribution in [3.8, 4) is 5.75 Å². The van der Waals surface area contributed by atoms with Gasteiger partial charge in [-0.3, -0.25) is 4.90 Å². The van der Waals surface area contributed by atoms with Crippen LogP contribution in [-0.4, -0.2) is 35.9 Å². The molecule has 1 saturated heterocycles. The van der Waals surface area contributed by atoms with Gasteiger partial charge in [0.05, 0.1) is 0 Å². The fourth-order valence-corrected chi connectivity index (χ4v) is 2.79. The van der Waals surface area contributed by atoms with Crippen LogP contribution in [0.15, 0.2) is 24.3 Å². The highest BCUT2D eigenvalue weighted by Gasteiger charge is 2.30. The van der Waals surface area contributed by atoms with E-state index >= 15 is 0 Å². The summed E-state index contributed by atoms with van der Waals surface area (Å²) in [6.07, 6.45) is -4.62. The molecule has 0 saturated carbocycles. The van der Waals surface area contributed by atoms with Gasteiger partial charge < -0.3 is 4.74 Å². The molecule has 1 aromatic rings. The molecule has 0 N–H and O–H groups in total. The molecule has 0 radical (unpaired) electrons. The summed E-state index contributed by atoms with van der Waals surface area (Å²) in [5.74, 6) is 2.07. The van der Waals surface area contributed by atoms with Gasteiger partial charge in [0, 0.05) is 31.1 Å². The lowest BCUT2D eigenvalue weighted by molar-refractivity contribution is -0.274. The first-order valence-corrected chi connectivity index (χ1v) is 6.83. The minimum atomic E-state index is -4.62. The van der Waals surface area contributed by atoms with Crippen LogP contribution >= 0.6 is 11.8 Å². The van der Waals surface area contributed by atoms with Crippen molar-refractivity contribution in [2.45, 2.75) is 12.9 Å². The van der Waals surface area contributed by atoms with E-state index in [2.05, 4.69) is 9.64 Å². The Morgan fingerprint density at radius 2 is 1.72 bits per heavy atom. The number of hydrogen-bond donors (Lipinski definition) is 0. The zero-order valence-corrected chi connectivity index (χ0v) is 10.6. The fraction of sp³-hybridized carbons (Fsp3) is 0.500. The van der Waals surface area contributed by atoms with Crippen LogP contribution in [0.4, 0.5) is 13.2 Å². The maximum absolute atomic E-state index is 12.0. The zero-order chi connectivity index (χ0) is 13.0. The van der Waals surface area contributed by atoms with Gasteiger partial charge >= 0.3 is 6.36 Å². The summed E-state index contributed by atoms with van der Waals surface area (Å²) in [4.78, 5) is 2.30. The molecule has 1 aliphatic rings. The molecule has 2 nitrogen and oxygen atoms in total. The van der Waals surface area contributed by atoms with Crippen LogP contribution in [0.25, 0.3) is 0 Å². The minimum absolute atomic E-state index is 0.166. The minimum Gasteiger partial charge on any atom is -0.406 e. The molecular formula is C12H14F3NOS. The third kappa shape index (κ3) is 4.42. The molecule has 2 rings (SSSR count). The molecule has 100 valence electrons. The highest BCUT2D eigenvalue weighted by Crippen LogP contribution is 2.23. The third-order valence-corrected chi connectivity index (χ3v) is 3.61. The van der Waals surface area contributed by atoms with Crippen molar-refractivity contribution >= 4 is 11.8 Å². The number of rotatable bonds is 3. The van der Waals surface area contributed by atoms with Gasteiger partial charge in [-0.05, 0) is 17.7 Å². The Balaban J connectivity index is 1.90. The summed E-state index contributed by atoms with van der Waals surface area (Å²) in [5.41, 5.74) is 1.01. The summed E-state index contributed by atoms with van der Waals surface area (Å²) >= 11 is 1.93. The van der Waals surface area contributed by atoms with Gasteiger partial charge in [0.2, 0.25) is 0 Å². The first-order valence-electron chi connectivity index (χ1n) is 5.68. The normalized spacial score (nSPS) is 17.7. The summed E-state index contributed by atoms with van der Waals surface area (Å²) in [5, 5.41) is 0. The Morgan fingerprint density at radius 1 is 1.11 bits per heavy atom. The van der Waals surface area contributed by atoms with Crippen molar-refractivity contribution in [2.75, 3.05) is 24.6 Å². The van der Waals surface area contributed by atoms with E-state index in [0.717, 1.165) is 36.7 Å². The van der Waals surface area contributed by atoms with Gasteiger partial charge in [-0.25, -0.2) is 0 Å². The molecular weight excluding hydrogens is 263 g/mol. The van der Waals surface area contributed by atoms with Gasteiger partial charge in [0.15, 0.2) is 0 Å². The predicted octanol–water partition coefficient (Wildman–Crippen LogP) is 3.13. The van der Waals surface area contributed by atoms with E-state index in [9.17, 15) is 13.2 Å². The molecule has 1 aromatic carbocycles. The maximum Gasteiger partial charge on any atom is 0.573 e. The molecule has 0 atom stereocenters. The van der Waals surface area contributed by atoms with Crippen LogP contribution in [0, 0.1) is 0 Å². The second-order valence-electron chi connectivity index (χ2n) is 4.08. The Hall–Kier alpha value is -0.880. The topological polar surface area (TPSA) is 12.5 Å². The van der Waals surface area contributed by atoms with Gasteiger partial charge in [0.25, 0.3) is 0 Å². The first-order chi connectivity index (χ1) is 8.53. The summed E-state index contributed by atoms with van der Waals surface area (Å²) in [6.45, 7) is 2.85. The Morgan fingerprint density at radius 3 is 2.28 bits per heavy atom. The molecule has 1 fully saturated rings. The summed E-state index contributed by atoms with van der Waals surface area (Å²) < 4.78 is 39.8. The average Bonchev–Trinajstić information content (AvgIpc) is 2.31. The van der Waals surface area contributed by atoms with Gasteiger partial charge in [-0.1, -0.05) is 12.1 Å². The van der Waals surface area contributed by atoms with Gasteiger partial charge in [0.1, 0.15) is 5.75 Å². The van der Waals surface area contributed by atoms with Crippen LogP contribution in [0.1, 0.15) is 5.56 Å². The van der Waals surface area contributed by atoms with E-state index in [1.165, 1.54) is 12.1 Å². The van der Waals surface area contributed by atoms with Crippen LogP contribution in [0.5, 0.6) is 5.75 Å². The van der Waals surface area contributed by atoms with E-state index in [1.54, 1.807) is 12.1 Å². The molecule has 1 aliphatic heterocycles. The van der Waals surface area contributed by atoms with Gasteiger partial charge in [-0.2, -0.15) is 11.8 Å². The van der Waals surface area contributed by atoms with E-state index in [1.807, 2.05) is 11.8 Å². The SMILES string of the molecule is FC(F)(F)Oc1ccc(CN2CCSCC2)cc1. The molecule has 0 amide bonds. The second-order valence-corrected chi connectivity index (χ2v) is 5.31. The lowest BCUT2D eigenvalue weighted by Gasteiger charge is -2.26. The number of halogens is 3. The van der Waals surface area contributed by atoms with Crippen molar-refractivity contribution in [3.05, 3.63) is 29.8 Å². The van der Waals surface area contributed by atoms with Gasteiger partial charge in [-0.15, -0.1) is 13.2 Å². The van der Waals surface area contributed by atoms with E-state index < -0.39 is 6.36 Å². The Labute approximate surface area is 108 Å². The van der Waals surface area contributed by atoms with Crippen LogP contribution in [-0.2, 0) is 6.54 Å². The van der Waals surface area contributed by atoms with Crippen LogP contribution < -0.4 is 4.74 Å². The largest absolute Gasteiger partial charge is 0.573 e. The second kappa shape index (κ2) is 5.84. The van der Waals surface area contributed by atoms with Crippen molar-refractivity contribution < 1.29 is 17.9 Å². The molecule has 0 bridgehead atoms. The summed E-state index contributed by atoms with van der Waals surface area (Å²) in [6, 6.07) is 6.09. The monoisotopic (exact) mass is 277 g/mol. The molecule has 1 heterocycles. The Kier molecular flexibility index (Phi) is 4.40. The van der Waals surface area contributed by atoms with Crippen molar-refractivity contribution in [1.82, 2.24) is 4.90 Å². The van der Waals surface area contributed by atoms with Crippen LogP contribution in [0.3, 0.4) is 0 Å². The average molecular weight is 277 g/mol. The molecule has 18 heavy (non-hydrogen) atoms. The molecule has 0 aromatic heterocycles. The predicted molar refractivity (Wildman–Crippen MR) is 65.7 cm³/mol. The number of hydrogen-bond acceptors (Lipinski definition) is 3. The lowest BCUT2D eigenvalue weighted by atomic mass is 10.2.